The van der Waals surface area contributed by atoms with E-state index in [2.05, 4.69) is 15.4 Å². The fourth-order valence-electron chi connectivity index (χ4n) is 0.0365. The second kappa shape index (κ2) is 3.36. The van der Waals surface area contributed by atoms with Crippen LogP contribution in [0.3, 0.4) is 0 Å². The average Bonchev–Trinajstić information content (AvgIpc) is 1.41. The van der Waals surface area contributed by atoms with Crippen LogP contribution in [0.15, 0.2) is 10.4 Å². The van der Waals surface area contributed by atoms with E-state index < -0.39 is 0 Å². The summed E-state index contributed by atoms with van der Waals surface area (Å²) in [6.45, 7) is 0. The average molecular weight is 76.1 g/mol. The van der Waals surface area contributed by atoms with Crippen LogP contribution < -0.4 is 0 Å². The second-order valence-corrected chi connectivity index (χ2v) is 0.363. The van der Waals surface area contributed by atoms with Gasteiger partial charge in [0.25, 0.3) is 0 Å². The monoisotopic (exact) mass is 76.0 g/mol. The van der Waals surface area contributed by atoms with E-state index in [0.29, 0.717) is 0 Å². The van der Waals surface area contributed by atoms with E-state index >= 15 is 0 Å². The Labute approximate surface area is 29.0 Å². The zero-order valence-corrected chi connectivity index (χ0v) is 2.75. The van der Waals surface area contributed by atoms with E-state index in [1.807, 2.05) is 0 Å². The normalized spacial score (nSPS) is 9.20. The zero-order chi connectivity index (χ0) is 4.12. The Kier molecular flexibility index (Phi) is 2.93. The molecule has 0 amide bonds. The predicted octanol–water partition coefficient (Wildman–Crippen LogP) is 0.473. The first-order chi connectivity index (χ1) is 2.41. The topological polar surface area (TPSA) is 54.2 Å². The van der Waals surface area contributed by atoms with Crippen molar-refractivity contribution >= 4 is 0 Å². The third-order valence-electron chi connectivity index (χ3n) is 0.118. The molecule has 0 fully saturated rings. The van der Waals surface area contributed by atoms with Crippen LogP contribution in [0.1, 0.15) is 0 Å². The maximum Gasteiger partial charge on any atom is 0.0598 e. The highest BCUT2D eigenvalue weighted by molar-refractivity contribution is 3.84. The van der Waals surface area contributed by atoms with Crippen molar-refractivity contribution in [2.24, 2.45) is 10.4 Å². The third kappa shape index (κ3) is 3.36. The van der Waals surface area contributed by atoms with Crippen LogP contribution in [0.5, 0.6) is 0 Å². The van der Waals surface area contributed by atoms with Crippen LogP contribution in [0, 0.1) is 0 Å². The van der Waals surface area contributed by atoms with E-state index in [1.54, 1.807) is 0 Å². The molecule has 0 aromatic carbocycles. The minimum Gasteiger partial charge on any atom is -0.203 e. The first kappa shape index (κ1) is 4.36. The van der Waals surface area contributed by atoms with Crippen molar-refractivity contribution in [3.8, 4) is 0 Å². The number of rotatable bonds is 1. The number of hydrogen-bond donors (Lipinski definition) is 1. The van der Waals surface area contributed by atoms with Gasteiger partial charge in [-0.3, -0.25) is 0 Å². The van der Waals surface area contributed by atoms with Gasteiger partial charge in [-0.15, -0.1) is 0 Å². The molecule has 0 aliphatic rings. The lowest BCUT2D eigenvalue weighted by Gasteiger charge is -1.68. The Bertz CT molecular complexity index is 34.6. The summed E-state index contributed by atoms with van der Waals surface area (Å²) in [5, 5.41) is 13.0. The Morgan fingerprint density at radius 3 is 2.40 bits per heavy atom. The fourth-order valence-corrected chi connectivity index (χ4v) is 0.0365. The summed E-state index contributed by atoms with van der Waals surface area (Å²) in [6, 6.07) is 0. The lowest BCUT2D eigenvalue weighted by molar-refractivity contribution is -0.251. The predicted molar refractivity (Wildman–Crippen MR) is 14.5 cm³/mol. The fraction of sp³-hybridized carbons (Fsp3) is 1.00. The van der Waals surface area contributed by atoms with Crippen LogP contribution in [0.2, 0.25) is 0 Å². The molecule has 1 N–H and O–H groups in total. The first-order valence-electron chi connectivity index (χ1n) is 1.01. The lowest BCUT2D eigenvalue weighted by Crippen LogP contribution is -1.60. The molecule has 0 saturated carbocycles. The molecule has 0 aromatic rings. The Hall–Kier alpha value is -0.640. The molecule has 0 spiro atoms. The summed E-state index contributed by atoms with van der Waals surface area (Å²) in [6.07, 6.45) is 0. The minimum atomic E-state index is 1.39. The molecule has 0 aromatic heterocycles. The van der Waals surface area contributed by atoms with Crippen LogP contribution in [0.4, 0.5) is 0 Å². The molecule has 0 radical (unpaired) electrons. The first-order valence-corrected chi connectivity index (χ1v) is 1.01. The molecule has 4 nitrogen and oxygen atoms in total. The molecule has 30 valence electrons. The van der Waals surface area contributed by atoms with Gasteiger partial charge in [0.15, 0.2) is 0 Å². The quantitative estimate of drug-likeness (QED) is 0.280. The molecule has 4 heteroatoms. The maximum absolute atomic E-state index is 7.31. The van der Waals surface area contributed by atoms with Gasteiger partial charge in [-0.05, 0) is 0 Å². The van der Waals surface area contributed by atoms with Crippen molar-refractivity contribution in [1.29, 1.82) is 0 Å². The molecule has 0 unspecified atom stereocenters. The molecule has 0 rings (SSSR count). The summed E-state index contributed by atoms with van der Waals surface area (Å²) >= 11 is 0. The molecule has 0 atom stereocenters. The third-order valence-corrected chi connectivity index (χ3v) is 0.118. The van der Waals surface area contributed by atoms with Gasteiger partial charge in [0.2, 0.25) is 0 Å². The van der Waals surface area contributed by atoms with Crippen molar-refractivity contribution in [1.82, 2.24) is 0 Å². The molecule has 0 aliphatic carbocycles. The van der Waals surface area contributed by atoms with Crippen molar-refractivity contribution in [3.05, 3.63) is 0 Å². The molecule has 5 heavy (non-hydrogen) atoms. The van der Waals surface area contributed by atoms with Crippen LogP contribution >= 0.6 is 0 Å². The van der Waals surface area contributed by atoms with Crippen LogP contribution in [-0.2, 0) is 4.99 Å². The zero-order valence-electron chi connectivity index (χ0n) is 2.75. The number of hydrogen-bond acceptors (Lipinski definition) is 4. The second-order valence-electron chi connectivity index (χ2n) is 0.363. The van der Waals surface area contributed by atoms with Crippen molar-refractivity contribution in [2.75, 3.05) is 7.05 Å². The molecule has 0 heterocycles. The van der Waals surface area contributed by atoms with E-state index in [9.17, 15) is 0 Å². The summed E-state index contributed by atoms with van der Waals surface area (Å²) in [5.74, 6) is 0. The Balaban J connectivity index is 2.62. The maximum atomic E-state index is 7.31. The van der Waals surface area contributed by atoms with Crippen molar-refractivity contribution in [2.45, 2.75) is 0 Å². The van der Waals surface area contributed by atoms with E-state index in [-0.39, 0.29) is 0 Å². The molecule has 0 bridgehead atoms. The van der Waals surface area contributed by atoms with Gasteiger partial charge in [-0.2, -0.15) is 10.4 Å². The Morgan fingerprint density at radius 2 is 2.40 bits per heavy atom. The summed E-state index contributed by atoms with van der Waals surface area (Å²) in [7, 11) is 1.39. The molecule has 0 aliphatic heterocycles. The molecule has 0 saturated heterocycles. The van der Waals surface area contributed by atoms with Gasteiger partial charge in [-0.1, -0.05) is 0 Å². The Morgan fingerprint density at radius 1 is 1.80 bits per heavy atom. The van der Waals surface area contributed by atoms with Gasteiger partial charge in [0.1, 0.15) is 0 Å². The highest BCUT2D eigenvalue weighted by Gasteiger charge is 1.50. The van der Waals surface area contributed by atoms with E-state index in [1.165, 1.54) is 7.05 Å². The van der Waals surface area contributed by atoms with Gasteiger partial charge in [-0.25, -0.2) is 4.99 Å². The number of nitrogens with zero attached hydrogens (tertiary/aromatic N) is 2. The smallest absolute Gasteiger partial charge is 0.0598 e. The highest BCUT2D eigenvalue weighted by atomic mass is 17.2. The van der Waals surface area contributed by atoms with E-state index in [0.717, 1.165) is 0 Å². The molecular weight excluding hydrogens is 72.0 g/mol. The minimum absolute atomic E-state index is 1.39. The van der Waals surface area contributed by atoms with Crippen molar-refractivity contribution < 1.29 is 10.2 Å². The van der Waals surface area contributed by atoms with E-state index in [4.69, 9.17) is 5.26 Å². The lowest BCUT2D eigenvalue weighted by atomic mass is 11.6. The summed E-state index contributed by atoms with van der Waals surface area (Å²) in [4.78, 5) is 3.15. The standard InChI is InChI=1S/CH4N2O2/c1-2-3-5-4/h4H,1H3. The van der Waals surface area contributed by atoms with Crippen molar-refractivity contribution in [3.63, 3.8) is 0 Å². The van der Waals surface area contributed by atoms with Gasteiger partial charge in [0, 0.05) is 0 Å². The van der Waals surface area contributed by atoms with Gasteiger partial charge < -0.3 is 0 Å². The van der Waals surface area contributed by atoms with Crippen LogP contribution in [0.25, 0.3) is 0 Å². The summed E-state index contributed by atoms with van der Waals surface area (Å²) < 4.78 is 0. The SMILES string of the molecule is CN=NOO. The van der Waals surface area contributed by atoms with Crippen LogP contribution in [-0.4, -0.2) is 12.3 Å². The largest absolute Gasteiger partial charge is 0.203 e. The highest BCUT2D eigenvalue weighted by Crippen LogP contribution is 1.62. The van der Waals surface area contributed by atoms with Gasteiger partial charge in [0.05, 0.1) is 12.3 Å². The summed E-state index contributed by atoms with van der Waals surface area (Å²) in [5.41, 5.74) is 0. The van der Waals surface area contributed by atoms with Gasteiger partial charge >= 0.3 is 0 Å². The molecular formula is CH4N2O2.